The van der Waals surface area contributed by atoms with Crippen LogP contribution in [0, 0.1) is 5.92 Å². The van der Waals surface area contributed by atoms with Gasteiger partial charge in [-0.15, -0.1) is 0 Å². The van der Waals surface area contributed by atoms with E-state index < -0.39 is 6.10 Å². The smallest absolute Gasteiger partial charge is 0.0931 e. The Hall–Kier alpha value is -1.13. The normalized spacial score (nSPS) is 18.9. The SMILES string of the molecule is CC(C)CN1CCN(c2ccc([C@@H](C)O)nc2)CC1. The first-order chi connectivity index (χ1) is 9.06. The van der Waals surface area contributed by atoms with Gasteiger partial charge in [0.05, 0.1) is 23.7 Å². The highest BCUT2D eigenvalue weighted by Gasteiger charge is 2.18. The van der Waals surface area contributed by atoms with Crippen molar-refractivity contribution >= 4 is 5.69 Å². The number of aliphatic hydroxyl groups excluding tert-OH is 1. The van der Waals surface area contributed by atoms with Crippen LogP contribution in [0.4, 0.5) is 5.69 Å². The van der Waals surface area contributed by atoms with Crippen LogP contribution in [0.3, 0.4) is 0 Å². The van der Waals surface area contributed by atoms with E-state index in [1.807, 2.05) is 12.3 Å². The number of rotatable bonds is 4. The van der Waals surface area contributed by atoms with Crippen molar-refractivity contribution in [2.75, 3.05) is 37.6 Å². The number of nitrogens with zero attached hydrogens (tertiary/aromatic N) is 3. The lowest BCUT2D eigenvalue weighted by Gasteiger charge is -2.36. The summed E-state index contributed by atoms with van der Waals surface area (Å²) in [4.78, 5) is 9.21. The van der Waals surface area contributed by atoms with Crippen LogP contribution in [0.2, 0.25) is 0 Å². The highest BCUT2D eigenvalue weighted by molar-refractivity contribution is 5.45. The van der Waals surface area contributed by atoms with Gasteiger partial charge < -0.3 is 10.0 Å². The van der Waals surface area contributed by atoms with Crippen LogP contribution in [0.5, 0.6) is 0 Å². The van der Waals surface area contributed by atoms with E-state index in [0.29, 0.717) is 0 Å². The van der Waals surface area contributed by atoms with Gasteiger partial charge in [-0.05, 0) is 25.0 Å². The highest BCUT2D eigenvalue weighted by atomic mass is 16.3. The zero-order chi connectivity index (χ0) is 13.8. The van der Waals surface area contributed by atoms with Gasteiger partial charge in [-0.1, -0.05) is 13.8 Å². The van der Waals surface area contributed by atoms with Crippen LogP contribution in [-0.4, -0.2) is 47.7 Å². The second-order valence-electron chi connectivity index (χ2n) is 5.80. The maximum absolute atomic E-state index is 9.46. The molecule has 0 aliphatic carbocycles. The molecule has 1 aliphatic heterocycles. The molecule has 1 N–H and O–H groups in total. The van der Waals surface area contributed by atoms with Gasteiger partial charge in [0.1, 0.15) is 0 Å². The molecule has 0 unspecified atom stereocenters. The van der Waals surface area contributed by atoms with Crippen molar-refractivity contribution in [2.45, 2.75) is 26.9 Å². The maximum Gasteiger partial charge on any atom is 0.0931 e. The lowest BCUT2D eigenvalue weighted by molar-refractivity contribution is 0.194. The van der Waals surface area contributed by atoms with E-state index in [9.17, 15) is 5.11 Å². The number of hydrogen-bond acceptors (Lipinski definition) is 4. The highest BCUT2D eigenvalue weighted by Crippen LogP contribution is 2.18. The van der Waals surface area contributed by atoms with Crippen molar-refractivity contribution in [1.29, 1.82) is 0 Å². The van der Waals surface area contributed by atoms with Gasteiger partial charge in [0.2, 0.25) is 0 Å². The number of anilines is 1. The average molecular weight is 263 g/mol. The Kier molecular flexibility index (Phi) is 4.77. The van der Waals surface area contributed by atoms with Crippen molar-refractivity contribution in [3.05, 3.63) is 24.0 Å². The molecule has 2 rings (SSSR count). The third-order valence-corrected chi connectivity index (χ3v) is 3.56. The standard InChI is InChI=1S/C15H25N3O/c1-12(2)11-17-6-8-18(9-7-17)14-4-5-15(13(3)19)16-10-14/h4-5,10,12-13,19H,6-9,11H2,1-3H3/t13-/m1/s1. The zero-order valence-corrected chi connectivity index (χ0v) is 12.2. The van der Waals surface area contributed by atoms with E-state index in [1.54, 1.807) is 6.92 Å². The van der Waals surface area contributed by atoms with Crippen LogP contribution in [0.15, 0.2) is 18.3 Å². The molecule has 0 saturated carbocycles. The molecule has 106 valence electrons. The lowest BCUT2D eigenvalue weighted by atomic mass is 10.2. The van der Waals surface area contributed by atoms with Crippen LogP contribution < -0.4 is 4.90 Å². The van der Waals surface area contributed by atoms with Crippen molar-refractivity contribution in [2.24, 2.45) is 5.92 Å². The van der Waals surface area contributed by atoms with Gasteiger partial charge in [0, 0.05) is 32.7 Å². The first kappa shape index (κ1) is 14.3. The molecule has 0 amide bonds. The Balaban J connectivity index is 1.90. The molecule has 19 heavy (non-hydrogen) atoms. The molecule has 1 aliphatic rings. The molecular formula is C15H25N3O. The van der Waals surface area contributed by atoms with E-state index in [2.05, 4.69) is 34.7 Å². The summed E-state index contributed by atoms with van der Waals surface area (Å²) >= 11 is 0. The number of aliphatic hydroxyl groups is 1. The second kappa shape index (κ2) is 6.35. The maximum atomic E-state index is 9.46. The van der Waals surface area contributed by atoms with Crippen molar-refractivity contribution in [1.82, 2.24) is 9.88 Å². The zero-order valence-electron chi connectivity index (χ0n) is 12.2. The van der Waals surface area contributed by atoms with Gasteiger partial charge in [-0.2, -0.15) is 0 Å². The molecule has 1 saturated heterocycles. The van der Waals surface area contributed by atoms with Crippen molar-refractivity contribution < 1.29 is 5.11 Å². The van der Waals surface area contributed by atoms with Gasteiger partial charge in [-0.25, -0.2) is 0 Å². The van der Waals surface area contributed by atoms with Crippen molar-refractivity contribution in [3.8, 4) is 0 Å². The van der Waals surface area contributed by atoms with E-state index in [4.69, 9.17) is 0 Å². The topological polar surface area (TPSA) is 39.6 Å². The molecule has 4 heteroatoms. The molecule has 0 aromatic carbocycles. The first-order valence-electron chi connectivity index (χ1n) is 7.17. The average Bonchev–Trinajstić information content (AvgIpc) is 2.39. The molecule has 1 fully saturated rings. The first-order valence-corrected chi connectivity index (χ1v) is 7.17. The van der Waals surface area contributed by atoms with Crippen LogP contribution in [0.1, 0.15) is 32.6 Å². The van der Waals surface area contributed by atoms with E-state index in [1.165, 1.54) is 6.54 Å². The Morgan fingerprint density at radius 2 is 1.84 bits per heavy atom. The third-order valence-electron chi connectivity index (χ3n) is 3.56. The Morgan fingerprint density at radius 1 is 1.16 bits per heavy atom. The minimum atomic E-state index is -0.489. The minimum absolute atomic E-state index is 0.489. The molecule has 0 radical (unpaired) electrons. The van der Waals surface area contributed by atoms with E-state index in [-0.39, 0.29) is 0 Å². The molecule has 0 spiro atoms. The predicted molar refractivity (Wildman–Crippen MR) is 78.4 cm³/mol. The molecule has 1 aromatic heterocycles. The van der Waals surface area contributed by atoms with Crippen LogP contribution >= 0.6 is 0 Å². The van der Waals surface area contributed by atoms with Gasteiger partial charge in [0.15, 0.2) is 0 Å². The van der Waals surface area contributed by atoms with Crippen LogP contribution in [-0.2, 0) is 0 Å². The molecule has 4 nitrogen and oxygen atoms in total. The molecule has 2 heterocycles. The van der Waals surface area contributed by atoms with Gasteiger partial charge in [0.25, 0.3) is 0 Å². The van der Waals surface area contributed by atoms with Gasteiger partial charge in [-0.3, -0.25) is 9.88 Å². The number of hydrogen-bond donors (Lipinski definition) is 1. The fourth-order valence-corrected chi connectivity index (χ4v) is 2.54. The summed E-state index contributed by atoms with van der Waals surface area (Å²) in [5, 5.41) is 9.46. The van der Waals surface area contributed by atoms with Crippen LogP contribution in [0.25, 0.3) is 0 Å². The predicted octanol–water partition coefficient (Wildman–Crippen LogP) is 1.91. The summed E-state index contributed by atoms with van der Waals surface area (Å²) in [5.74, 6) is 0.735. The number of aromatic nitrogens is 1. The Labute approximate surface area is 116 Å². The molecular weight excluding hydrogens is 238 g/mol. The largest absolute Gasteiger partial charge is 0.387 e. The Bertz CT molecular complexity index is 381. The van der Waals surface area contributed by atoms with E-state index in [0.717, 1.165) is 43.5 Å². The number of pyridine rings is 1. The summed E-state index contributed by atoms with van der Waals surface area (Å²) in [6.45, 7) is 11.8. The summed E-state index contributed by atoms with van der Waals surface area (Å²) in [6.07, 6.45) is 1.39. The van der Waals surface area contributed by atoms with Gasteiger partial charge >= 0.3 is 0 Å². The summed E-state index contributed by atoms with van der Waals surface area (Å²) in [6, 6.07) is 3.98. The molecule has 0 bridgehead atoms. The quantitative estimate of drug-likeness (QED) is 0.901. The fraction of sp³-hybridized carbons (Fsp3) is 0.667. The fourth-order valence-electron chi connectivity index (χ4n) is 2.54. The van der Waals surface area contributed by atoms with E-state index >= 15 is 0 Å². The summed E-state index contributed by atoms with van der Waals surface area (Å²) in [5.41, 5.74) is 1.90. The van der Waals surface area contributed by atoms with Crippen molar-refractivity contribution in [3.63, 3.8) is 0 Å². The summed E-state index contributed by atoms with van der Waals surface area (Å²) < 4.78 is 0. The third kappa shape index (κ3) is 3.91. The Morgan fingerprint density at radius 3 is 2.32 bits per heavy atom. The second-order valence-corrected chi connectivity index (χ2v) is 5.80. The summed E-state index contributed by atoms with van der Waals surface area (Å²) in [7, 11) is 0. The lowest BCUT2D eigenvalue weighted by Crippen LogP contribution is -2.47. The monoisotopic (exact) mass is 263 g/mol. The molecule has 1 atom stereocenters. The minimum Gasteiger partial charge on any atom is -0.387 e. The number of piperazine rings is 1. The molecule has 1 aromatic rings.